The molecular weight excluding hydrogens is 388 g/mol. The zero-order chi connectivity index (χ0) is 19.3. The number of benzene rings is 2. The smallest absolute Gasteiger partial charge is 0.267 e. The molecule has 5 heteroatoms. The van der Waals surface area contributed by atoms with Crippen molar-refractivity contribution in [3.05, 3.63) is 94.0 Å². The standard InChI is InChI=1S/C23H21ClN2OS/c24-19-9-5-4-8-18(19)10-13-25-23(27)21-16-22-20(12-15-28-22)26(21)14-11-17-6-2-1-3-7-17/h1-9,12,15-16H,10-11,13-14H2,(H,25,27). The molecule has 0 fully saturated rings. The van der Waals surface area contributed by atoms with Crippen LogP contribution in [0.2, 0.25) is 5.02 Å². The Labute approximate surface area is 173 Å². The molecule has 0 bridgehead atoms. The van der Waals surface area contributed by atoms with E-state index in [-0.39, 0.29) is 5.91 Å². The van der Waals surface area contributed by atoms with Gasteiger partial charge in [-0.1, -0.05) is 60.1 Å². The summed E-state index contributed by atoms with van der Waals surface area (Å²) in [4.78, 5) is 12.9. The summed E-state index contributed by atoms with van der Waals surface area (Å²) in [5.41, 5.74) is 4.16. The molecule has 0 aliphatic heterocycles. The fraction of sp³-hybridized carbons (Fsp3) is 0.174. The summed E-state index contributed by atoms with van der Waals surface area (Å²) in [6.45, 7) is 1.33. The second-order valence-corrected chi connectivity index (χ2v) is 8.04. The molecule has 4 aromatic rings. The van der Waals surface area contributed by atoms with Crippen LogP contribution >= 0.6 is 22.9 Å². The Morgan fingerprint density at radius 3 is 2.61 bits per heavy atom. The van der Waals surface area contributed by atoms with Crippen LogP contribution in [0.5, 0.6) is 0 Å². The SMILES string of the molecule is O=C(NCCc1ccccc1Cl)c1cc2sccc2n1CCc1ccccc1. The average molecular weight is 409 g/mol. The molecule has 28 heavy (non-hydrogen) atoms. The van der Waals surface area contributed by atoms with Gasteiger partial charge in [-0.05, 0) is 47.5 Å². The lowest BCUT2D eigenvalue weighted by atomic mass is 10.1. The maximum atomic E-state index is 12.9. The van der Waals surface area contributed by atoms with Gasteiger partial charge in [0.2, 0.25) is 0 Å². The van der Waals surface area contributed by atoms with Crippen molar-refractivity contribution in [2.75, 3.05) is 6.54 Å². The second kappa shape index (κ2) is 8.63. The van der Waals surface area contributed by atoms with Gasteiger partial charge in [0.15, 0.2) is 0 Å². The van der Waals surface area contributed by atoms with Gasteiger partial charge in [-0.25, -0.2) is 0 Å². The third-order valence-corrected chi connectivity index (χ3v) is 6.08. The molecule has 0 saturated heterocycles. The molecule has 4 rings (SSSR count). The quantitative estimate of drug-likeness (QED) is 0.426. The van der Waals surface area contributed by atoms with Gasteiger partial charge in [-0.15, -0.1) is 11.3 Å². The number of fused-ring (bicyclic) bond motifs is 1. The number of carbonyl (C=O) groups is 1. The molecule has 0 aliphatic carbocycles. The first-order chi connectivity index (χ1) is 13.7. The van der Waals surface area contributed by atoms with E-state index >= 15 is 0 Å². The molecule has 142 valence electrons. The number of nitrogens with one attached hydrogen (secondary N) is 1. The van der Waals surface area contributed by atoms with E-state index in [0.717, 1.165) is 39.5 Å². The Bertz CT molecular complexity index is 1080. The minimum absolute atomic E-state index is 0.0384. The van der Waals surface area contributed by atoms with Gasteiger partial charge in [0, 0.05) is 18.1 Å². The summed E-state index contributed by atoms with van der Waals surface area (Å²) in [7, 11) is 0. The molecule has 2 aromatic carbocycles. The van der Waals surface area contributed by atoms with E-state index in [1.165, 1.54) is 5.56 Å². The zero-order valence-corrected chi connectivity index (χ0v) is 17.0. The van der Waals surface area contributed by atoms with Gasteiger partial charge >= 0.3 is 0 Å². The Balaban J connectivity index is 1.47. The number of halogens is 1. The number of nitrogens with zero attached hydrogens (tertiary/aromatic N) is 1. The van der Waals surface area contributed by atoms with Crippen molar-refractivity contribution in [1.29, 1.82) is 0 Å². The van der Waals surface area contributed by atoms with Crippen molar-refractivity contribution in [2.24, 2.45) is 0 Å². The van der Waals surface area contributed by atoms with Crippen LogP contribution < -0.4 is 5.32 Å². The third-order valence-electron chi connectivity index (χ3n) is 4.86. The Hall–Kier alpha value is -2.56. The molecule has 0 spiro atoms. The highest BCUT2D eigenvalue weighted by Crippen LogP contribution is 2.26. The van der Waals surface area contributed by atoms with Crippen molar-refractivity contribution in [3.8, 4) is 0 Å². The van der Waals surface area contributed by atoms with Crippen LogP contribution in [0.3, 0.4) is 0 Å². The normalized spacial score (nSPS) is 11.0. The van der Waals surface area contributed by atoms with Gasteiger partial charge < -0.3 is 9.88 Å². The van der Waals surface area contributed by atoms with E-state index in [4.69, 9.17) is 11.6 Å². The molecule has 0 saturated carbocycles. The number of aromatic nitrogens is 1. The van der Waals surface area contributed by atoms with Gasteiger partial charge in [-0.2, -0.15) is 0 Å². The topological polar surface area (TPSA) is 34.0 Å². The summed E-state index contributed by atoms with van der Waals surface area (Å²) < 4.78 is 3.27. The van der Waals surface area contributed by atoms with Crippen LogP contribution in [-0.2, 0) is 19.4 Å². The van der Waals surface area contributed by atoms with Crippen molar-refractivity contribution in [3.63, 3.8) is 0 Å². The van der Waals surface area contributed by atoms with Crippen LogP contribution in [0, 0.1) is 0 Å². The summed E-state index contributed by atoms with van der Waals surface area (Å²) in [6.07, 6.45) is 1.60. The second-order valence-electron chi connectivity index (χ2n) is 6.68. The molecule has 1 amide bonds. The van der Waals surface area contributed by atoms with E-state index in [1.807, 2.05) is 48.5 Å². The lowest BCUT2D eigenvalue weighted by Crippen LogP contribution is -2.28. The largest absolute Gasteiger partial charge is 0.350 e. The predicted molar refractivity (Wildman–Crippen MR) is 117 cm³/mol. The van der Waals surface area contributed by atoms with Crippen molar-refractivity contribution >= 4 is 39.1 Å². The van der Waals surface area contributed by atoms with Crippen molar-refractivity contribution < 1.29 is 4.79 Å². The number of thiophene rings is 1. The molecule has 3 nitrogen and oxygen atoms in total. The van der Waals surface area contributed by atoms with Gasteiger partial charge in [0.1, 0.15) is 5.69 Å². The first kappa shape index (κ1) is 18.8. The molecule has 0 aliphatic rings. The summed E-state index contributed by atoms with van der Waals surface area (Å²) >= 11 is 7.87. The Morgan fingerprint density at radius 1 is 1.00 bits per heavy atom. The maximum Gasteiger partial charge on any atom is 0.267 e. The number of hydrogen-bond donors (Lipinski definition) is 1. The maximum absolute atomic E-state index is 12.9. The molecule has 2 heterocycles. The van der Waals surface area contributed by atoms with Crippen LogP contribution in [0.1, 0.15) is 21.6 Å². The van der Waals surface area contributed by atoms with Crippen molar-refractivity contribution in [2.45, 2.75) is 19.4 Å². The number of amides is 1. The number of aryl methyl sites for hydroxylation is 2. The van der Waals surface area contributed by atoms with Gasteiger partial charge in [0.25, 0.3) is 5.91 Å². The average Bonchev–Trinajstić information content (AvgIpc) is 3.30. The summed E-state index contributed by atoms with van der Waals surface area (Å²) in [6, 6.07) is 22.2. The lowest BCUT2D eigenvalue weighted by Gasteiger charge is -2.11. The highest BCUT2D eigenvalue weighted by atomic mass is 35.5. The molecule has 0 radical (unpaired) electrons. The number of carbonyl (C=O) groups excluding carboxylic acids is 1. The van der Waals surface area contributed by atoms with E-state index in [2.05, 4.69) is 33.5 Å². The highest BCUT2D eigenvalue weighted by Gasteiger charge is 2.16. The summed E-state index contributed by atoms with van der Waals surface area (Å²) in [5, 5.41) is 5.86. The van der Waals surface area contributed by atoms with Crippen LogP contribution in [-0.4, -0.2) is 17.0 Å². The van der Waals surface area contributed by atoms with Crippen molar-refractivity contribution in [1.82, 2.24) is 9.88 Å². The van der Waals surface area contributed by atoms with Crippen LogP contribution in [0.4, 0.5) is 0 Å². The molecule has 2 aromatic heterocycles. The molecule has 0 atom stereocenters. The van der Waals surface area contributed by atoms with Crippen LogP contribution in [0.25, 0.3) is 10.2 Å². The minimum atomic E-state index is -0.0384. The highest BCUT2D eigenvalue weighted by molar-refractivity contribution is 7.17. The van der Waals surface area contributed by atoms with E-state index in [1.54, 1.807) is 11.3 Å². The zero-order valence-electron chi connectivity index (χ0n) is 15.4. The van der Waals surface area contributed by atoms with Crippen LogP contribution in [0.15, 0.2) is 72.1 Å². The number of hydrogen-bond acceptors (Lipinski definition) is 2. The van der Waals surface area contributed by atoms with E-state index in [9.17, 15) is 4.79 Å². The first-order valence-electron chi connectivity index (χ1n) is 9.34. The molecule has 1 N–H and O–H groups in total. The fourth-order valence-corrected chi connectivity index (χ4v) is 4.45. The third kappa shape index (κ3) is 4.13. The molecule has 0 unspecified atom stereocenters. The summed E-state index contributed by atoms with van der Waals surface area (Å²) in [5.74, 6) is -0.0384. The van der Waals surface area contributed by atoms with E-state index in [0.29, 0.717) is 13.0 Å². The number of rotatable bonds is 7. The predicted octanol–water partition coefficient (Wildman–Crippen LogP) is 5.57. The Kier molecular flexibility index (Phi) is 5.79. The lowest BCUT2D eigenvalue weighted by molar-refractivity contribution is 0.0945. The first-order valence-corrected chi connectivity index (χ1v) is 10.6. The fourth-order valence-electron chi connectivity index (χ4n) is 3.39. The molecular formula is C23H21ClN2OS. The van der Waals surface area contributed by atoms with Gasteiger partial charge in [0.05, 0.1) is 10.2 Å². The Morgan fingerprint density at radius 2 is 1.79 bits per heavy atom. The monoisotopic (exact) mass is 408 g/mol. The minimum Gasteiger partial charge on any atom is -0.350 e. The van der Waals surface area contributed by atoms with Gasteiger partial charge in [-0.3, -0.25) is 4.79 Å². The van der Waals surface area contributed by atoms with E-state index < -0.39 is 0 Å².